The van der Waals surface area contributed by atoms with Gasteiger partial charge in [-0.25, -0.2) is 4.68 Å². The number of rotatable bonds is 5. The minimum absolute atomic E-state index is 0.595. The maximum atomic E-state index is 6.10. The SMILES string of the molecule is CCCNCc1cn(-c2cc(Cl)ccc2Cl)nn1. The Morgan fingerprint density at radius 1 is 1.33 bits per heavy atom. The first-order valence-electron chi connectivity index (χ1n) is 5.78. The zero-order valence-electron chi connectivity index (χ0n) is 10.0. The van der Waals surface area contributed by atoms with Crippen LogP contribution in [-0.4, -0.2) is 21.5 Å². The quantitative estimate of drug-likeness (QED) is 0.858. The van der Waals surface area contributed by atoms with Crippen molar-refractivity contribution in [3.05, 3.63) is 40.1 Å². The number of hydrogen-bond donors (Lipinski definition) is 1. The summed E-state index contributed by atoms with van der Waals surface area (Å²) in [5, 5.41) is 12.6. The molecule has 1 heterocycles. The second-order valence-electron chi connectivity index (χ2n) is 3.93. The molecule has 1 aromatic heterocycles. The van der Waals surface area contributed by atoms with E-state index in [1.165, 1.54) is 0 Å². The Labute approximate surface area is 116 Å². The molecule has 0 saturated heterocycles. The predicted molar refractivity (Wildman–Crippen MR) is 73.4 cm³/mol. The van der Waals surface area contributed by atoms with E-state index in [1.807, 2.05) is 6.20 Å². The molecule has 2 aromatic rings. The fourth-order valence-electron chi connectivity index (χ4n) is 1.55. The average Bonchev–Trinajstić information content (AvgIpc) is 2.81. The molecule has 0 aliphatic carbocycles. The molecule has 0 radical (unpaired) electrons. The highest BCUT2D eigenvalue weighted by atomic mass is 35.5. The first-order valence-corrected chi connectivity index (χ1v) is 6.53. The van der Waals surface area contributed by atoms with Crippen molar-refractivity contribution < 1.29 is 0 Å². The van der Waals surface area contributed by atoms with Crippen molar-refractivity contribution in [1.29, 1.82) is 0 Å². The van der Waals surface area contributed by atoms with Crippen LogP contribution in [0.3, 0.4) is 0 Å². The molecule has 0 bridgehead atoms. The number of hydrogen-bond acceptors (Lipinski definition) is 3. The summed E-state index contributed by atoms with van der Waals surface area (Å²) in [5.74, 6) is 0. The Hall–Kier alpha value is -1.10. The van der Waals surface area contributed by atoms with E-state index in [2.05, 4.69) is 22.6 Å². The standard InChI is InChI=1S/C12H14Cl2N4/c1-2-5-15-7-10-8-18(17-16-10)12-6-9(13)3-4-11(12)14/h3-4,6,8,15H,2,5,7H2,1H3. The van der Waals surface area contributed by atoms with Gasteiger partial charge in [0.1, 0.15) is 0 Å². The van der Waals surface area contributed by atoms with Crippen molar-refractivity contribution in [2.45, 2.75) is 19.9 Å². The van der Waals surface area contributed by atoms with Gasteiger partial charge < -0.3 is 5.32 Å². The molecule has 96 valence electrons. The van der Waals surface area contributed by atoms with Gasteiger partial charge in [-0.2, -0.15) is 0 Å². The second kappa shape index (κ2) is 6.18. The van der Waals surface area contributed by atoms with E-state index in [1.54, 1.807) is 22.9 Å². The van der Waals surface area contributed by atoms with Crippen molar-refractivity contribution in [2.75, 3.05) is 6.54 Å². The molecule has 1 N–H and O–H groups in total. The molecule has 4 nitrogen and oxygen atoms in total. The maximum absolute atomic E-state index is 6.10. The fraction of sp³-hybridized carbons (Fsp3) is 0.333. The fourth-order valence-corrected chi connectivity index (χ4v) is 1.92. The van der Waals surface area contributed by atoms with Gasteiger partial charge in [0.25, 0.3) is 0 Å². The third kappa shape index (κ3) is 3.22. The van der Waals surface area contributed by atoms with Gasteiger partial charge in [-0.15, -0.1) is 5.10 Å². The second-order valence-corrected chi connectivity index (χ2v) is 4.77. The highest BCUT2D eigenvalue weighted by Gasteiger charge is 2.07. The Kier molecular flexibility index (Phi) is 4.58. The smallest absolute Gasteiger partial charge is 0.0969 e. The Balaban J connectivity index is 2.16. The lowest BCUT2D eigenvalue weighted by Gasteiger charge is -2.03. The van der Waals surface area contributed by atoms with Crippen LogP contribution in [0.1, 0.15) is 19.0 Å². The molecule has 18 heavy (non-hydrogen) atoms. The van der Waals surface area contributed by atoms with Crippen LogP contribution in [0.15, 0.2) is 24.4 Å². The van der Waals surface area contributed by atoms with E-state index >= 15 is 0 Å². The van der Waals surface area contributed by atoms with E-state index in [4.69, 9.17) is 23.2 Å². The molecule has 0 fully saturated rings. The lowest BCUT2D eigenvalue weighted by Crippen LogP contribution is -2.13. The molecule has 0 aliphatic heterocycles. The zero-order valence-corrected chi connectivity index (χ0v) is 11.5. The van der Waals surface area contributed by atoms with Crippen LogP contribution in [0, 0.1) is 0 Å². The summed E-state index contributed by atoms with van der Waals surface area (Å²) >= 11 is 12.0. The Morgan fingerprint density at radius 2 is 2.17 bits per heavy atom. The van der Waals surface area contributed by atoms with Crippen LogP contribution >= 0.6 is 23.2 Å². The van der Waals surface area contributed by atoms with Crippen LogP contribution in [0.5, 0.6) is 0 Å². The number of nitrogens with zero attached hydrogens (tertiary/aromatic N) is 3. The summed E-state index contributed by atoms with van der Waals surface area (Å²) in [5.41, 5.74) is 1.61. The van der Waals surface area contributed by atoms with Crippen LogP contribution < -0.4 is 5.32 Å². The molecule has 0 aliphatic rings. The van der Waals surface area contributed by atoms with E-state index in [0.29, 0.717) is 16.6 Å². The molecule has 0 spiro atoms. The van der Waals surface area contributed by atoms with Gasteiger partial charge in [-0.3, -0.25) is 0 Å². The lowest BCUT2D eigenvalue weighted by atomic mass is 10.3. The predicted octanol–water partition coefficient (Wildman–Crippen LogP) is 3.07. The van der Waals surface area contributed by atoms with Crippen LogP contribution in [0.2, 0.25) is 10.0 Å². The molecule has 2 rings (SSSR count). The highest BCUT2D eigenvalue weighted by molar-refractivity contribution is 6.34. The lowest BCUT2D eigenvalue weighted by molar-refractivity contribution is 0.662. The van der Waals surface area contributed by atoms with Crippen molar-refractivity contribution in [3.8, 4) is 5.69 Å². The minimum atomic E-state index is 0.595. The third-order valence-corrected chi connectivity index (χ3v) is 2.98. The van der Waals surface area contributed by atoms with Crippen molar-refractivity contribution in [1.82, 2.24) is 20.3 Å². The largest absolute Gasteiger partial charge is 0.311 e. The number of benzene rings is 1. The summed E-state index contributed by atoms with van der Waals surface area (Å²) < 4.78 is 1.64. The molecule has 1 aromatic carbocycles. The van der Waals surface area contributed by atoms with E-state index in [0.717, 1.165) is 24.3 Å². The molecule has 6 heteroatoms. The van der Waals surface area contributed by atoms with Gasteiger partial charge in [0, 0.05) is 11.6 Å². The van der Waals surface area contributed by atoms with Crippen LogP contribution in [-0.2, 0) is 6.54 Å². The number of halogens is 2. The van der Waals surface area contributed by atoms with E-state index < -0.39 is 0 Å². The first-order chi connectivity index (χ1) is 8.70. The van der Waals surface area contributed by atoms with Crippen molar-refractivity contribution >= 4 is 23.2 Å². The van der Waals surface area contributed by atoms with Gasteiger partial charge in [-0.05, 0) is 31.2 Å². The van der Waals surface area contributed by atoms with Gasteiger partial charge in [0.05, 0.1) is 22.6 Å². The summed E-state index contributed by atoms with van der Waals surface area (Å²) in [6, 6.07) is 5.26. The highest BCUT2D eigenvalue weighted by Crippen LogP contribution is 2.23. The molecule has 0 saturated carbocycles. The Morgan fingerprint density at radius 3 is 2.94 bits per heavy atom. The maximum Gasteiger partial charge on any atom is 0.0969 e. The van der Waals surface area contributed by atoms with Crippen LogP contribution in [0.4, 0.5) is 0 Å². The van der Waals surface area contributed by atoms with Crippen LogP contribution in [0.25, 0.3) is 5.69 Å². The van der Waals surface area contributed by atoms with E-state index in [9.17, 15) is 0 Å². The number of nitrogens with one attached hydrogen (secondary N) is 1. The van der Waals surface area contributed by atoms with Crippen molar-refractivity contribution in [2.24, 2.45) is 0 Å². The molecule has 0 amide bonds. The molecule has 0 atom stereocenters. The van der Waals surface area contributed by atoms with E-state index in [-0.39, 0.29) is 0 Å². The zero-order chi connectivity index (χ0) is 13.0. The summed E-state index contributed by atoms with van der Waals surface area (Å²) in [4.78, 5) is 0. The molecule has 0 unspecified atom stereocenters. The van der Waals surface area contributed by atoms with Crippen molar-refractivity contribution in [3.63, 3.8) is 0 Å². The van der Waals surface area contributed by atoms with Gasteiger partial charge in [0.15, 0.2) is 0 Å². The topological polar surface area (TPSA) is 42.7 Å². The van der Waals surface area contributed by atoms with Gasteiger partial charge >= 0.3 is 0 Å². The summed E-state index contributed by atoms with van der Waals surface area (Å²) in [7, 11) is 0. The molecular weight excluding hydrogens is 271 g/mol. The summed E-state index contributed by atoms with van der Waals surface area (Å²) in [6.07, 6.45) is 2.94. The minimum Gasteiger partial charge on any atom is -0.311 e. The van der Waals surface area contributed by atoms with Gasteiger partial charge in [-0.1, -0.05) is 35.3 Å². The first kappa shape index (κ1) is 13.3. The monoisotopic (exact) mass is 284 g/mol. The number of aromatic nitrogens is 3. The Bertz CT molecular complexity index is 525. The summed E-state index contributed by atoms with van der Waals surface area (Å²) in [6.45, 7) is 3.78. The molecular formula is C12H14Cl2N4. The average molecular weight is 285 g/mol. The normalized spacial score (nSPS) is 10.8. The third-order valence-electron chi connectivity index (χ3n) is 2.43. The van der Waals surface area contributed by atoms with Gasteiger partial charge in [0.2, 0.25) is 0 Å².